The number of likely N-dealkylation sites (tertiary alicyclic amines) is 1. The van der Waals surface area contributed by atoms with Gasteiger partial charge in [-0.05, 0) is 13.8 Å². The normalized spacial score (nSPS) is 21.5. The van der Waals surface area contributed by atoms with Crippen LogP contribution in [0.3, 0.4) is 0 Å². The van der Waals surface area contributed by atoms with E-state index in [1.165, 1.54) is 0 Å². The minimum atomic E-state index is -0.437. The van der Waals surface area contributed by atoms with Gasteiger partial charge in [0.1, 0.15) is 12.1 Å². The molecule has 1 fully saturated rings. The summed E-state index contributed by atoms with van der Waals surface area (Å²) in [5, 5.41) is 10.7. The van der Waals surface area contributed by atoms with Crippen LogP contribution in [-0.2, 0) is 10.2 Å². The van der Waals surface area contributed by atoms with Crippen LogP contribution in [0.1, 0.15) is 69.6 Å². The third-order valence-electron chi connectivity index (χ3n) is 4.51. The molecule has 148 valence electrons. The number of nitrogens with one attached hydrogen (secondary N) is 1. The van der Waals surface area contributed by atoms with Gasteiger partial charge in [-0.15, -0.1) is 0 Å². The smallest absolute Gasteiger partial charge is 0.318 e. The Kier molecular flexibility index (Phi) is 5.18. The summed E-state index contributed by atoms with van der Waals surface area (Å²) < 4.78 is 16.0. The van der Waals surface area contributed by atoms with E-state index in [-0.39, 0.29) is 23.6 Å². The molecule has 0 aromatic carbocycles. The molecule has 10 nitrogen and oxygen atoms in total. The largest absolute Gasteiger partial charge is 0.380 e. The number of rotatable bonds is 4. The summed E-state index contributed by atoms with van der Waals surface area (Å²) in [4.78, 5) is 23.2. The summed E-state index contributed by atoms with van der Waals surface area (Å²) in [7, 11) is 1.62. The van der Waals surface area contributed by atoms with E-state index < -0.39 is 6.04 Å². The number of methoxy groups -OCH3 is 1. The second kappa shape index (κ2) is 7.26. The average molecular weight is 378 g/mol. The Labute approximate surface area is 157 Å². The summed E-state index contributed by atoms with van der Waals surface area (Å²) in [6.07, 6.45) is 0.494. The monoisotopic (exact) mass is 378 g/mol. The van der Waals surface area contributed by atoms with E-state index in [9.17, 15) is 4.79 Å². The number of hydrogen-bond donors (Lipinski definition) is 1. The third kappa shape index (κ3) is 4.10. The molecule has 0 bridgehead atoms. The molecule has 1 saturated heterocycles. The lowest BCUT2D eigenvalue weighted by Gasteiger charge is -2.23. The fraction of sp³-hybridized carbons (Fsp3) is 0.706. The zero-order valence-corrected chi connectivity index (χ0v) is 16.5. The Hall–Kier alpha value is -2.49. The molecule has 27 heavy (non-hydrogen) atoms. The van der Waals surface area contributed by atoms with E-state index in [0.717, 1.165) is 0 Å². The first-order chi connectivity index (χ1) is 12.7. The quantitative estimate of drug-likeness (QED) is 0.860. The molecule has 0 aliphatic carbocycles. The van der Waals surface area contributed by atoms with Crippen molar-refractivity contribution < 1.29 is 18.6 Å². The highest BCUT2D eigenvalue weighted by molar-refractivity contribution is 5.75. The summed E-state index contributed by atoms with van der Waals surface area (Å²) in [5.41, 5.74) is -0.229. The van der Waals surface area contributed by atoms with Crippen molar-refractivity contribution in [3.05, 3.63) is 23.4 Å². The van der Waals surface area contributed by atoms with Crippen molar-refractivity contribution in [3.8, 4) is 0 Å². The molecule has 1 N–H and O–H groups in total. The Morgan fingerprint density at radius 3 is 2.59 bits per heavy atom. The van der Waals surface area contributed by atoms with Gasteiger partial charge in [0.2, 0.25) is 11.8 Å². The number of aromatic nitrogens is 4. The van der Waals surface area contributed by atoms with Crippen LogP contribution in [0, 0.1) is 6.92 Å². The van der Waals surface area contributed by atoms with Crippen molar-refractivity contribution in [1.82, 2.24) is 30.5 Å². The number of carbonyl (C=O) groups is 1. The van der Waals surface area contributed by atoms with Crippen LogP contribution < -0.4 is 5.32 Å². The number of ether oxygens (including phenoxy) is 1. The predicted octanol–water partition coefficient (Wildman–Crippen LogP) is 2.29. The van der Waals surface area contributed by atoms with E-state index in [4.69, 9.17) is 13.8 Å². The molecule has 10 heteroatoms. The number of hydrogen-bond acceptors (Lipinski definition) is 8. The summed E-state index contributed by atoms with van der Waals surface area (Å²) >= 11 is 0. The number of urea groups is 1. The van der Waals surface area contributed by atoms with Gasteiger partial charge < -0.3 is 24.0 Å². The molecule has 3 rings (SSSR count). The van der Waals surface area contributed by atoms with Crippen LogP contribution in [0.15, 0.2) is 9.05 Å². The first kappa shape index (κ1) is 19.3. The maximum Gasteiger partial charge on any atom is 0.318 e. The van der Waals surface area contributed by atoms with Crippen LogP contribution in [0.25, 0.3) is 0 Å². The Bertz CT molecular complexity index is 795. The van der Waals surface area contributed by atoms with Crippen molar-refractivity contribution >= 4 is 6.03 Å². The van der Waals surface area contributed by atoms with Gasteiger partial charge in [0.05, 0.1) is 6.10 Å². The maximum atomic E-state index is 12.9. The van der Waals surface area contributed by atoms with Crippen LogP contribution in [0.2, 0.25) is 0 Å². The Balaban J connectivity index is 1.72. The van der Waals surface area contributed by atoms with Gasteiger partial charge in [0, 0.05) is 25.5 Å². The Morgan fingerprint density at radius 1 is 1.30 bits per heavy atom. The van der Waals surface area contributed by atoms with Gasteiger partial charge in [-0.3, -0.25) is 0 Å². The highest BCUT2D eigenvalue weighted by Crippen LogP contribution is 2.32. The van der Waals surface area contributed by atoms with Gasteiger partial charge in [0.25, 0.3) is 0 Å². The molecule has 0 radical (unpaired) electrons. The molecule has 0 spiro atoms. The van der Waals surface area contributed by atoms with Crippen molar-refractivity contribution in [2.75, 3.05) is 13.7 Å². The average Bonchev–Trinajstić information content (AvgIpc) is 3.32. The predicted molar refractivity (Wildman–Crippen MR) is 93.8 cm³/mol. The molecule has 1 unspecified atom stereocenters. The highest BCUT2D eigenvalue weighted by atomic mass is 16.5. The first-order valence-corrected chi connectivity index (χ1v) is 8.93. The van der Waals surface area contributed by atoms with Crippen molar-refractivity contribution in [2.45, 2.75) is 64.6 Å². The van der Waals surface area contributed by atoms with Gasteiger partial charge in [-0.25, -0.2) is 4.79 Å². The molecule has 2 aromatic rings. The van der Waals surface area contributed by atoms with Crippen LogP contribution in [0.4, 0.5) is 4.79 Å². The lowest BCUT2D eigenvalue weighted by Crippen LogP contribution is -2.41. The molecule has 1 aliphatic heterocycles. The van der Waals surface area contributed by atoms with E-state index in [2.05, 4.69) is 25.6 Å². The van der Waals surface area contributed by atoms with Gasteiger partial charge >= 0.3 is 6.03 Å². The fourth-order valence-corrected chi connectivity index (χ4v) is 2.92. The van der Waals surface area contributed by atoms with E-state index in [1.807, 2.05) is 20.8 Å². The van der Waals surface area contributed by atoms with Crippen LogP contribution in [-0.4, -0.2) is 51.0 Å². The fourth-order valence-electron chi connectivity index (χ4n) is 2.92. The van der Waals surface area contributed by atoms with Crippen LogP contribution in [0.5, 0.6) is 0 Å². The van der Waals surface area contributed by atoms with Crippen LogP contribution >= 0.6 is 0 Å². The van der Waals surface area contributed by atoms with Gasteiger partial charge in [0.15, 0.2) is 11.6 Å². The molecule has 2 aromatic heterocycles. The van der Waals surface area contributed by atoms with E-state index >= 15 is 0 Å². The lowest BCUT2D eigenvalue weighted by atomic mass is 9.96. The maximum absolute atomic E-state index is 12.9. The molecule has 3 atom stereocenters. The minimum Gasteiger partial charge on any atom is -0.380 e. The molecular weight excluding hydrogens is 352 g/mol. The lowest BCUT2D eigenvalue weighted by molar-refractivity contribution is 0.110. The van der Waals surface area contributed by atoms with Gasteiger partial charge in [-0.1, -0.05) is 31.1 Å². The second-order valence-corrected chi connectivity index (χ2v) is 7.82. The zero-order chi connectivity index (χ0) is 19.8. The summed E-state index contributed by atoms with van der Waals surface area (Å²) in [6.45, 7) is 9.96. The number of carbonyl (C=O) groups excluding carboxylic acids is 1. The van der Waals surface area contributed by atoms with Crippen molar-refractivity contribution in [3.63, 3.8) is 0 Å². The summed E-state index contributed by atoms with van der Waals surface area (Å²) in [6, 6.07) is -1.05. The number of nitrogens with zero attached hydrogens (tertiary/aromatic N) is 5. The molecule has 1 aliphatic rings. The van der Waals surface area contributed by atoms with Crippen molar-refractivity contribution in [1.29, 1.82) is 0 Å². The highest BCUT2D eigenvalue weighted by Gasteiger charge is 2.40. The van der Waals surface area contributed by atoms with E-state index in [1.54, 1.807) is 25.9 Å². The van der Waals surface area contributed by atoms with Crippen molar-refractivity contribution in [2.24, 2.45) is 0 Å². The third-order valence-corrected chi connectivity index (χ3v) is 4.51. The second-order valence-electron chi connectivity index (χ2n) is 7.82. The molecule has 0 saturated carbocycles. The standard InChI is InChI=1S/C17H26N6O4/c1-9(13-20-15(22-26-13)17(3,4)5)18-16(24)23-8-11(25-6)7-12(23)14-19-10(2)21-27-14/h9,11-12H,7-8H2,1-6H3,(H,18,24)/t9?,11-,12+/m0/s1. The van der Waals surface area contributed by atoms with E-state index in [0.29, 0.717) is 36.4 Å². The zero-order valence-electron chi connectivity index (χ0n) is 16.5. The topological polar surface area (TPSA) is 119 Å². The number of aryl methyl sites for hydroxylation is 1. The number of amides is 2. The summed E-state index contributed by atoms with van der Waals surface area (Å²) in [5.74, 6) is 1.89. The minimum absolute atomic E-state index is 0.0980. The Morgan fingerprint density at radius 2 is 2.04 bits per heavy atom. The molecule has 2 amide bonds. The van der Waals surface area contributed by atoms with Gasteiger partial charge in [-0.2, -0.15) is 9.97 Å². The molecule has 3 heterocycles. The molecular formula is C17H26N6O4. The SMILES string of the molecule is CO[C@H]1C[C@H](c2nc(C)no2)N(C(=O)NC(C)c2nc(C(C)(C)C)no2)C1. The first-order valence-electron chi connectivity index (χ1n) is 8.93.